The van der Waals surface area contributed by atoms with Crippen LogP contribution in [0.15, 0.2) is 0 Å². The Kier molecular flexibility index (Phi) is 4.92. The van der Waals surface area contributed by atoms with Crippen LogP contribution in [0.4, 0.5) is 0 Å². The molecule has 0 amide bonds. The topological polar surface area (TPSA) is 50.1 Å². The highest BCUT2D eigenvalue weighted by atomic mass is 16.5. The normalized spacial score (nSPS) is 27.2. The number of nitriles is 1. The van der Waals surface area contributed by atoms with Gasteiger partial charge in [0.1, 0.15) is 5.41 Å². The van der Waals surface area contributed by atoms with Gasteiger partial charge in [-0.25, -0.2) is 0 Å². The molecule has 3 heteroatoms. The van der Waals surface area contributed by atoms with E-state index < -0.39 is 5.41 Å². The van der Waals surface area contributed by atoms with Crippen molar-refractivity contribution in [3.63, 3.8) is 0 Å². The monoisotopic (exact) mass is 251 g/mol. The van der Waals surface area contributed by atoms with Gasteiger partial charge in [-0.15, -0.1) is 0 Å². The van der Waals surface area contributed by atoms with Crippen molar-refractivity contribution >= 4 is 5.78 Å². The minimum atomic E-state index is -0.807. The van der Waals surface area contributed by atoms with Crippen LogP contribution in [0, 0.1) is 28.1 Å². The van der Waals surface area contributed by atoms with Crippen LogP contribution in [0.1, 0.15) is 53.4 Å². The van der Waals surface area contributed by atoms with Crippen molar-refractivity contribution in [3.8, 4) is 6.07 Å². The zero-order valence-corrected chi connectivity index (χ0v) is 12.1. The van der Waals surface area contributed by atoms with E-state index in [1.165, 1.54) is 0 Å². The average molecular weight is 251 g/mol. The number of carbonyl (C=O) groups is 1. The number of hydrogen-bond acceptors (Lipinski definition) is 3. The minimum Gasteiger partial charge on any atom is -0.381 e. The number of rotatable bonds is 5. The summed E-state index contributed by atoms with van der Waals surface area (Å²) in [7, 11) is 0. The van der Waals surface area contributed by atoms with Gasteiger partial charge in [-0.2, -0.15) is 5.26 Å². The van der Waals surface area contributed by atoms with Crippen molar-refractivity contribution < 1.29 is 9.53 Å². The smallest absolute Gasteiger partial charge is 0.158 e. The first kappa shape index (κ1) is 15.2. The summed E-state index contributed by atoms with van der Waals surface area (Å²) in [6, 6.07) is 2.28. The molecule has 1 aliphatic rings. The second-order valence-corrected chi connectivity index (χ2v) is 6.48. The van der Waals surface area contributed by atoms with E-state index in [0.29, 0.717) is 32.0 Å². The summed E-state index contributed by atoms with van der Waals surface area (Å²) in [5.41, 5.74) is -1.16. The molecule has 0 aromatic rings. The molecule has 3 nitrogen and oxygen atoms in total. The van der Waals surface area contributed by atoms with Gasteiger partial charge in [-0.3, -0.25) is 4.79 Å². The molecule has 1 fully saturated rings. The quantitative estimate of drug-likeness (QED) is 0.704. The molecular formula is C15H25NO2. The Morgan fingerprint density at radius 2 is 2.06 bits per heavy atom. The molecule has 0 heterocycles. The first-order chi connectivity index (χ1) is 8.34. The number of ether oxygens (including phenoxy) is 1. The van der Waals surface area contributed by atoms with Crippen molar-refractivity contribution in [2.45, 2.75) is 53.4 Å². The number of ketones is 1. The van der Waals surface area contributed by atoms with Gasteiger partial charge in [-0.1, -0.05) is 34.1 Å². The van der Waals surface area contributed by atoms with Crippen LogP contribution in [0.2, 0.25) is 0 Å². The maximum absolute atomic E-state index is 12.5. The molecule has 102 valence electrons. The Morgan fingerprint density at radius 1 is 1.39 bits per heavy atom. The van der Waals surface area contributed by atoms with Gasteiger partial charge in [0.15, 0.2) is 5.78 Å². The maximum atomic E-state index is 12.5. The van der Waals surface area contributed by atoms with Crippen molar-refractivity contribution in [2.75, 3.05) is 13.2 Å². The van der Waals surface area contributed by atoms with E-state index in [4.69, 9.17) is 4.74 Å². The average Bonchev–Trinajstić information content (AvgIpc) is 2.30. The second kappa shape index (κ2) is 5.84. The molecule has 0 radical (unpaired) electrons. The Morgan fingerprint density at radius 3 is 2.61 bits per heavy atom. The zero-order chi connectivity index (χ0) is 13.8. The summed E-state index contributed by atoms with van der Waals surface area (Å²) < 4.78 is 5.54. The first-order valence-corrected chi connectivity index (χ1v) is 6.88. The summed E-state index contributed by atoms with van der Waals surface area (Å²) >= 11 is 0. The lowest BCUT2D eigenvalue weighted by Gasteiger charge is -2.38. The summed E-state index contributed by atoms with van der Waals surface area (Å²) in [4.78, 5) is 12.5. The van der Waals surface area contributed by atoms with E-state index >= 15 is 0 Å². The molecule has 1 aliphatic carbocycles. The van der Waals surface area contributed by atoms with Crippen LogP contribution in [-0.4, -0.2) is 19.0 Å². The van der Waals surface area contributed by atoms with E-state index in [9.17, 15) is 10.1 Å². The predicted octanol–water partition coefficient (Wildman–Crippen LogP) is 3.34. The number of Topliss-reactive ketones (excluding diaryl/α,β-unsaturated/α-hetero) is 1. The molecule has 0 aromatic carbocycles. The third-order valence-corrected chi connectivity index (χ3v) is 3.79. The van der Waals surface area contributed by atoms with E-state index in [-0.39, 0.29) is 11.2 Å². The predicted molar refractivity (Wildman–Crippen MR) is 71.0 cm³/mol. The third kappa shape index (κ3) is 3.32. The van der Waals surface area contributed by atoms with Gasteiger partial charge in [0.2, 0.25) is 0 Å². The Balaban J connectivity index is 2.63. The molecule has 0 saturated heterocycles. The highest BCUT2D eigenvalue weighted by Crippen LogP contribution is 2.44. The lowest BCUT2D eigenvalue weighted by atomic mass is 9.62. The summed E-state index contributed by atoms with van der Waals surface area (Å²) in [5, 5.41) is 9.43. The number of hydrogen-bond donors (Lipinski definition) is 0. The van der Waals surface area contributed by atoms with Crippen LogP contribution in [0.25, 0.3) is 0 Å². The van der Waals surface area contributed by atoms with E-state index in [1.807, 2.05) is 13.8 Å². The summed E-state index contributed by atoms with van der Waals surface area (Å²) in [6.45, 7) is 9.29. The molecular weight excluding hydrogens is 226 g/mol. The standard InChI is InChI=1S/C15H25NO2/c1-12(2)10-18-9-8-15(11-16)7-5-6-14(3,4)13(15)17/h12H,5-10H2,1-4H3. The Bertz CT molecular complexity index is 341. The van der Waals surface area contributed by atoms with E-state index in [2.05, 4.69) is 19.9 Å². The van der Waals surface area contributed by atoms with Gasteiger partial charge >= 0.3 is 0 Å². The second-order valence-electron chi connectivity index (χ2n) is 6.48. The van der Waals surface area contributed by atoms with E-state index in [0.717, 1.165) is 12.8 Å². The molecule has 1 atom stereocenters. The molecule has 0 aromatic heterocycles. The fourth-order valence-corrected chi connectivity index (χ4v) is 2.67. The molecule has 0 N–H and O–H groups in total. The fourth-order valence-electron chi connectivity index (χ4n) is 2.67. The van der Waals surface area contributed by atoms with Crippen molar-refractivity contribution in [2.24, 2.45) is 16.7 Å². The van der Waals surface area contributed by atoms with Gasteiger partial charge in [0.25, 0.3) is 0 Å². The maximum Gasteiger partial charge on any atom is 0.158 e. The molecule has 0 bridgehead atoms. The van der Waals surface area contributed by atoms with Crippen molar-refractivity contribution in [3.05, 3.63) is 0 Å². The molecule has 0 spiro atoms. The highest BCUT2D eigenvalue weighted by Gasteiger charge is 2.48. The molecule has 1 unspecified atom stereocenters. The number of nitrogens with zero attached hydrogens (tertiary/aromatic N) is 1. The van der Waals surface area contributed by atoms with Crippen molar-refractivity contribution in [1.82, 2.24) is 0 Å². The fraction of sp³-hybridized carbons (Fsp3) is 0.867. The first-order valence-electron chi connectivity index (χ1n) is 6.88. The summed E-state index contributed by atoms with van der Waals surface area (Å²) in [5.74, 6) is 0.596. The molecule has 1 rings (SSSR count). The van der Waals surface area contributed by atoms with Crippen LogP contribution in [0.3, 0.4) is 0 Å². The van der Waals surface area contributed by atoms with E-state index in [1.54, 1.807) is 0 Å². The minimum absolute atomic E-state index is 0.108. The number of carbonyl (C=O) groups excluding carboxylic acids is 1. The van der Waals surface area contributed by atoms with Crippen molar-refractivity contribution in [1.29, 1.82) is 5.26 Å². The van der Waals surface area contributed by atoms with Gasteiger partial charge in [0.05, 0.1) is 6.07 Å². The SMILES string of the molecule is CC(C)COCCC1(C#N)CCCC(C)(C)C1=O. The van der Waals surface area contributed by atoms with Crippen LogP contribution in [0.5, 0.6) is 0 Å². The Labute approximate surface area is 111 Å². The van der Waals surface area contributed by atoms with Crippen LogP contribution >= 0.6 is 0 Å². The van der Waals surface area contributed by atoms with Gasteiger partial charge in [0, 0.05) is 18.6 Å². The highest BCUT2D eigenvalue weighted by molar-refractivity contribution is 5.92. The molecule has 1 saturated carbocycles. The lowest BCUT2D eigenvalue weighted by molar-refractivity contribution is -0.139. The van der Waals surface area contributed by atoms with Gasteiger partial charge in [-0.05, 0) is 25.2 Å². The van der Waals surface area contributed by atoms with Crippen LogP contribution in [-0.2, 0) is 9.53 Å². The largest absolute Gasteiger partial charge is 0.381 e. The lowest BCUT2D eigenvalue weighted by Crippen LogP contribution is -2.44. The van der Waals surface area contributed by atoms with Gasteiger partial charge < -0.3 is 4.74 Å². The van der Waals surface area contributed by atoms with Crippen LogP contribution < -0.4 is 0 Å². The third-order valence-electron chi connectivity index (χ3n) is 3.79. The molecule has 18 heavy (non-hydrogen) atoms. The Hall–Kier alpha value is -0.880. The summed E-state index contributed by atoms with van der Waals surface area (Å²) in [6.07, 6.45) is 3.08. The molecule has 0 aliphatic heterocycles. The zero-order valence-electron chi connectivity index (χ0n) is 12.1.